The Kier molecular flexibility index (Phi) is 6.92. The predicted octanol–water partition coefficient (Wildman–Crippen LogP) is 5.94. The highest BCUT2D eigenvalue weighted by Gasteiger charge is 2.04. The molecule has 124 valence electrons. The molecule has 0 saturated heterocycles. The molecule has 0 unspecified atom stereocenters. The molecule has 2 aromatic rings. The van der Waals surface area contributed by atoms with Gasteiger partial charge in [-0.2, -0.15) is 0 Å². The Morgan fingerprint density at radius 2 is 1.52 bits per heavy atom. The molecule has 2 nitrogen and oxygen atoms in total. The number of aromatic hydroxyl groups is 1. The molecule has 0 aliphatic carbocycles. The van der Waals surface area contributed by atoms with Crippen molar-refractivity contribution in [3.8, 4) is 22.6 Å². The van der Waals surface area contributed by atoms with Crippen LogP contribution in [-0.4, -0.2) is 11.7 Å². The first kappa shape index (κ1) is 17.3. The first-order chi connectivity index (χ1) is 11.2. The fourth-order valence-electron chi connectivity index (χ4n) is 2.51. The van der Waals surface area contributed by atoms with Crippen molar-refractivity contribution in [2.45, 2.75) is 45.4 Å². The minimum Gasteiger partial charge on any atom is -0.505 e. The summed E-state index contributed by atoms with van der Waals surface area (Å²) in [6.45, 7) is 2.96. The summed E-state index contributed by atoms with van der Waals surface area (Å²) in [6.07, 6.45) is 7.49. The molecule has 1 N–H and O–H groups in total. The molecule has 0 heterocycles. The topological polar surface area (TPSA) is 29.5 Å². The fraction of sp³-hybridized carbons (Fsp3) is 0.400. The summed E-state index contributed by atoms with van der Waals surface area (Å²) in [4.78, 5) is 0. The van der Waals surface area contributed by atoms with E-state index in [0.29, 0.717) is 0 Å². The lowest BCUT2D eigenvalue weighted by molar-refractivity contribution is 0.304. The zero-order chi connectivity index (χ0) is 16.5. The van der Waals surface area contributed by atoms with E-state index in [4.69, 9.17) is 4.74 Å². The summed E-state index contributed by atoms with van der Waals surface area (Å²) in [5, 5.41) is 9.44. The molecule has 0 aliphatic rings. The molecule has 2 aromatic carbocycles. The van der Waals surface area contributed by atoms with Crippen LogP contribution in [0.2, 0.25) is 0 Å². The van der Waals surface area contributed by atoms with E-state index in [1.54, 1.807) is 6.07 Å². The van der Waals surface area contributed by atoms with Crippen LogP contribution in [0.25, 0.3) is 11.1 Å². The van der Waals surface area contributed by atoms with Gasteiger partial charge >= 0.3 is 0 Å². The van der Waals surface area contributed by atoms with Crippen LogP contribution in [0.1, 0.15) is 45.4 Å². The molecular formula is C20H25FO2. The molecule has 0 spiro atoms. The van der Waals surface area contributed by atoms with Crippen molar-refractivity contribution in [1.82, 2.24) is 0 Å². The Bertz CT molecular complexity index is 593. The van der Waals surface area contributed by atoms with Gasteiger partial charge in [-0.25, -0.2) is 4.39 Å². The summed E-state index contributed by atoms with van der Waals surface area (Å²) in [5.74, 6) is -0.0906. The maximum absolute atomic E-state index is 13.1. The molecule has 0 amide bonds. The summed E-state index contributed by atoms with van der Waals surface area (Å²) >= 11 is 0. The Labute approximate surface area is 137 Å². The van der Waals surface area contributed by atoms with Crippen molar-refractivity contribution < 1.29 is 14.2 Å². The Hall–Kier alpha value is -2.03. The first-order valence-corrected chi connectivity index (χ1v) is 8.42. The van der Waals surface area contributed by atoms with E-state index < -0.39 is 5.82 Å². The van der Waals surface area contributed by atoms with Gasteiger partial charge in [0.05, 0.1) is 6.61 Å². The second kappa shape index (κ2) is 9.19. The van der Waals surface area contributed by atoms with E-state index in [9.17, 15) is 9.50 Å². The van der Waals surface area contributed by atoms with Crippen molar-refractivity contribution in [3.05, 3.63) is 48.3 Å². The number of phenolic OH excluding ortho intramolecular Hbond substituents is 1. The van der Waals surface area contributed by atoms with E-state index in [1.807, 2.05) is 24.3 Å². The van der Waals surface area contributed by atoms with Gasteiger partial charge in [-0.3, -0.25) is 0 Å². The summed E-state index contributed by atoms with van der Waals surface area (Å²) in [7, 11) is 0. The van der Waals surface area contributed by atoms with Crippen LogP contribution in [-0.2, 0) is 0 Å². The zero-order valence-corrected chi connectivity index (χ0v) is 13.7. The van der Waals surface area contributed by atoms with Gasteiger partial charge in [0.25, 0.3) is 0 Å². The number of phenols is 1. The van der Waals surface area contributed by atoms with Gasteiger partial charge in [0.15, 0.2) is 11.6 Å². The molecule has 0 bridgehead atoms. The maximum atomic E-state index is 13.1. The van der Waals surface area contributed by atoms with Crippen LogP contribution in [0.15, 0.2) is 42.5 Å². The predicted molar refractivity (Wildman–Crippen MR) is 92.4 cm³/mol. The van der Waals surface area contributed by atoms with Gasteiger partial charge in [-0.15, -0.1) is 0 Å². The number of hydrogen-bond acceptors (Lipinski definition) is 2. The molecule has 2 rings (SSSR count). The highest BCUT2D eigenvalue weighted by atomic mass is 19.1. The Morgan fingerprint density at radius 1 is 0.870 bits per heavy atom. The third-order valence-corrected chi connectivity index (χ3v) is 3.90. The smallest absolute Gasteiger partial charge is 0.164 e. The molecule has 0 radical (unpaired) electrons. The molecule has 0 saturated carbocycles. The number of benzene rings is 2. The van der Waals surface area contributed by atoms with Crippen molar-refractivity contribution in [2.24, 2.45) is 0 Å². The first-order valence-electron chi connectivity index (χ1n) is 8.42. The Morgan fingerprint density at radius 3 is 2.22 bits per heavy atom. The third-order valence-electron chi connectivity index (χ3n) is 3.90. The van der Waals surface area contributed by atoms with Crippen LogP contribution in [0, 0.1) is 5.82 Å². The van der Waals surface area contributed by atoms with Gasteiger partial charge < -0.3 is 9.84 Å². The maximum Gasteiger partial charge on any atom is 0.164 e. The largest absolute Gasteiger partial charge is 0.505 e. The second-order valence-electron chi connectivity index (χ2n) is 5.81. The Balaban J connectivity index is 1.79. The van der Waals surface area contributed by atoms with Crippen LogP contribution < -0.4 is 4.74 Å². The van der Waals surface area contributed by atoms with E-state index in [2.05, 4.69) is 6.92 Å². The average Bonchev–Trinajstić information content (AvgIpc) is 2.57. The molecule has 23 heavy (non-hydrogen) atoms. The number of halogens is 1. The van der Waals surface area contributed by atoms with Gasteiger partial charge in [-0.05, 0) is 41.8 Å². The summed E-state index contributed by atoms with van der Waals surface area (Å²) in [5.41, 5.74) is 1.71. The number of ether oxygens (including phenoxy) is 1. The van der Waals surface area contributed by atoms with Crippen LogP contribution in [0.4, 0.5) is 4.39 Å². The van der Waals surface area contributed by atoms with E-state index >= 15 is 0 Å². The number of unbranched alkanes of at least 4 members (excludes halogenated alkanes) is 5. The van der Waals surface area contributed by atoms with E-state index in [-0.39, 0.29) is 5.75 Å². The minimum atomic E-state index is -0.604. The molecule has 0 aliphatic heterocycles. The summed E-state index contributed by atoms with van der Waals surface area (Å²) in [6, 6.07) is 12.0. The van der Waals surface area contributed by atoms with Gasteiger partial charge in [0, 0.05) is 0 Å². The SMILES string of the molecule is CCCCCCCCOc1ccc(-c2ccc(F)c(O)c2)cc1. The standard InChI is InChI=1S/C20H25FO2/c1-2-3-4-5-6-7-14-23-18-11-8-16(9-12-18)17-10-13-19(21)20(22)15-17/h8-13,15,22H,2-7,14H2,1H3. The van der Waals surface area contributed by atoms with Crippen molar-refractivity contribution in [2.75, 3.05) is 6.61 Å². The summed E-state index contributed by atoms with van der Waals surface area (Å²) < 4.78 is 18.8. The van der Waals surface area contributed by atoms with Crippen molar-refractivity contribution >= 4 is 0 Å². The average molecular weight is 316 g/mol. The second-order valence-corrected chi connectivity index (χ2v) is 5.81. The minimum absolute atomic E-state index is 0.328. The monoisotopic (exact) mass is 316 g/mol. The van der Waals surface area contributed by atoms with E-state index in [1.165, 1.54) is 44.2 Å². The van der Waals surface area contributed by atoms with Gasteiger partial charge in [0.2, 0.25) is 0 Å². The van der Waals surface area contributed by atoms with Crippen molar-refractivity contribution in [1.29, 1.82) is 0 Å². The molecule has 0 aromatic heterocycles. The lowest BCUT2D eigenvalue weighted by atomic mass is 10.1. The van der Waals surface area contributed by atoms with Gasteiger partial charge in [-0.1, -0.05) is 57.2 Å². The lowest BCUT2D eigenvalue weighted by Gasteiger charge is -2.08. The van der Waals surface area contributed by atoms with Crippen LogP contribution in [0.3, 0.4) is 0 Å². The number of rotatable bonds is 9. The van der Waals surface area contributed by atoms with Crippen molar-refractivity contribution in [3.63, 3.8) is 0 Å². The van der Waals surface area contributed by atoms with Crippen LogP contribution >= 0.6 is 0 Å². The molecule has 0 fully saturated rings. The van der Waals surface area contributed by atoms with Crippen LogP contribution in [0.5, 0.6) is 11.5 Å². The number of hydrogen-bond donors (Lipinski definition) is 1. The highest BCUT2D eigenvalue weighted by molar-refractivity contribution is 5.65. The zero-order valence-electron chi connectivity index (χ0n) is 13.7. The third kappa shape index (κ3) is 5.59. The lowest BCUT2D eigenvalue weighted by Crippen LogP contribution is -1.97. The quantitative estimate of drug-likeness (QED) is 0.580. The van der Waals surface area contributed by atoms with Gasteiger partial charge in [0.1, 0.15) is 5.75 Å². The van der Waals surface area contributed by atoms with E-state index in [0.717, 1.165) is 29.9 Å². The normalized spacial score (nSPS) is 10.7. The highest BCUT2D eigenvalue weighted by Crippen LogP contribution is 2.27. The molecule has 3 heteroatoms. The molecule has 0 atom stereocenters. The molecular weight excluding hydrogens is 291 g/mol. The fourth-order valence-corrected chi connectivity index (χ4v) is 2.51.